The van der Waals surface area contributed by atoms with E-state index in [-0.39, 0.29) is 5.92 Å². The highest BCUT2D eigenvalue weighted by Gasteiger charge is 2.30. The number of likely N-dealkylation sites (tertiary alicyclic amines) is 1. The van der Waals surface area contributed by atoms with Gasteiger partial charge < -0.3 is 9.47 Å². The molecule has 184 valence electrons. The fourth-order valence-electron chi connectivity index (χ4n) is 6.05. The zero-order valence-electron chi connectivity index (χ0n) is 21.2. The Morgan fingerprint density at radius 2 is 1.56 bits per heavy atom. The minimum atomic E-state index is 0.157. The normalized spacial score (nSPS) is 16.9. The molecule has 0 unspecified atom stereocenters. The van der Waals surface area contributed by atoms with Crippen LogP contribution in [-0.2, 0) is 30.8 Å². The van der Waals surface area contributed by atoms with Crippen molar-refractivity contribution in [2.24, 2.45) is 5.92 Å². The number of amides is 1. The summed E-state index contributed by atoms with van der Waals surface area (Å²) < 4.78 is 2.49. The quantitative estimate of drug-likeness (QED) is 0.364. The number of hydrogen-bond donors (Lipinski definition) is 0. The monoisotopic (exact) mass is 477 g/mol. The Hall–Kier alpha value is -3.37. The molecule has 2 aliphatic rings. The van der Waals surface area contributed by atoms with E-state index in [9.17, 15) is 4.79 Å². The zero-order chi connectivity index (χ0) is 24.5. The Bertz CT molecular complexity index is 1380. The topological polar surface area (TPSA) is 28.5 Å². The highest BCUT2D eigenvalue weighted by atomic mass is 16.2. The molecular weight excluding hydrogens is 442 g/mol. The number of aromatic nitrogens is 1. The van der Waals surface area contributed by atoms with Crippen LogP contribution in [0, 0.1) is 12.8 Å². The number of fused-ring (bicyclic) bond motifs is 2. The number of hydrogen-bond acceptors (Lipinski definition) is 2. The molecule has 0 atom stereocenters. The van der Waals surface area contributed by atoms with E-state index in [4.69, 9.17) is 0 Å². The fraction of sp³-hybridized carbons (Fsp3) is 0.344. The zero-order valence-corrected chi connectivity index (χ0v) is 21.2. The Labute approximate surface area is 214 Å². The summed E-state index contributed by atoms with van der Waals surface area (Å²) in [7, 11) is 0. The van der Waals surface area contributed by atoms with E-state index in [0.717, 1.165) is 58.5 Å². The lowest BCUT2D eigenvalue weighted by Crippen LogP contribution is -2.44. The molecule has 4 heteroatoms. The SMILES string of the molecule is Cc1ccccc1Cn1c(CN2CCC(C(=O)N3CCc4ccccc4C3)CC2)cc2ccccc21. The number of aryl methyl sites for hydroxylation is 1. The van der Waals surface area contributed by atoms with E-state index in [1.807, 2.05) is 0 Å². The molecule has 2 aliphatic heterocycles. The first-order valence-electron chi connectivity index (χ1n) is 13.4. The largest absolute Gasteiger partial charge is 0.339 e. The third kappa shape index (κ3) is 4.58. The standard InChI is InChI=1S/C32H35N3O/c1-24-8-2-3-11-28(24)22-35-30(20-27-10-6-7-13-31(27)35)23-33-17-14-26(15-18-33)32(36)34-19-16-25-9-4-5-12-29(25)21-34/h2-13,20,26H,14-19,21-23H2,1H3. The van der Waals surface area contributed by atoms with Crippen molar-refractivity contribution in [1.29, 1.82) is 0 Å². The summed E-state index contributed by atoms with van der Waals surface area (Å²) in [6.07, 6.45) is 2.89. The predicted octanol–water partition coefficient (Wildman–Crippen LogP) is 5.79. The van der Waals surface area contributed by atoms with Crippen LogP contribution in [0.2, 0.25) is 0 Å². The van der Waals surface area contributed by atoms with Crippen molar-refractivity contribution in [3.8, 4) is 0 Å². The van der Waals surface area contributed by atoms with Gasteiger partial charge in [0, 0.05) is 43.3 Å². The summed E-state index contributed by atoms with van der Waals surface area (Å²) >= 11 is 0. The molecule has 1 fully saturated rings. The van der Waals surface area contributed by atoms with Gasteiger partial charge in [0.15, 0.2) is 0 Å². The van der Waals surface area contributed by atoms with Gasteiger partial charge in [0.1, 0.15) is 0 Å². The van der Waals surface area contributed by atoms with Crippen LogP contribution in [0.5, 0.6) is 0 Å². The maximum absolute atomic E-state index is 13.3. The molecule has 4 nitrogen and oxygen atoms in total. The molecule has 0 aliphatic carbocycles. The van der Waals surface area contributed by atoms with Crippen LogP contribution in [0.15, 0.2) is 78.9 Å². The molecule has 4 aromatic rings. The Morgan fingerprint density at radius 1 is 0.833 bits per heavy atom. The van der Waals surface area contributed by atoms with Crippen LogP contribution in [0.1, 0.15) is 40.8 Å². The second-order valence-electron chi connectivity index (χ2n) is 10.5. The van der Waals surface area contributed by atoms with Gasteiger partial charge in [-0.3, -0.25) is 9.69 Å². The van der Waals surface area contributed by atoms with E-state index in [1.54, 1.807) is 0 Å². The summed E-state index contributed by atoms with van der Waals surface area (Å²) in [5.74, 6) is 0.516. The summed E-state index contributed by atoms with van der Waals surface area (Å²) in [6, 6.07) is 28.3. The van der Waals surface area contributed by atoms with Crippen molar-refractivity contribution in [1.82, 2.24) is 14.4 Å². The number of carbonyl (C=O) groups excluding carboxylic acids is 1. The Morgan fingerprint density at radius 3 is 2.39 bits per heavy atom. The van der Waals surface area contributed by atoms with Crippen molar-refractivity contribution in [3.05, 3.63) is 107 Å². The molecule has 0 N–H and O–H groups in total. The van der Waals surface area contributed by atoms with Gasteiger partial charge in [0.2, 0.25) is 5.91 Å². The molecule has 3 heterocycles. The van der Waals surface area contributed by atoms with Crippen molar-refractivity contribution >= 4 is 16.8 Å². The lowest BCUT2D eigenvalue weighted by atomic mass is 9.93. The molecule has 36 heavy (non-hydrogen) atoms. The van der Waals surface area contributed by atoms with Crippen LogP contribution < -0.4 is 0 Å². The third-order valence-corrected chi connectivity index (χ3v) is 8.25. The maximum atomic E-state index is 13.3. The van der Waals surface area contributed by atoms with E-state index in [1.165, 1.54) is 38.9 Å². The summed E-state index contributed by atoms with van der Waals surface area (Å²) in [6.45, 7) is 7.60. The van der Waals surface area contributed by atoms with Crippen molar-refractivity contribution in [3.63, 3.8) is 0 Å². The van der Waals surface area contributed by atoms with E-state index in [2.05, 4.69) is 100 Å². The molecule has 1 saturated heterocycles. The van der Waals surface area contributed by atoms with Crippen LogP contribution in [0.4, 0.5) is 0 Å². The Kier molecular flexibility index (Phi) is 6.37. The molecule has 0 bridgehead atoms. The molecule has 1 aromatic heterocycles. The lowest BCUT2D eigenvalue weighted by Gasteiger charge is -2.36. The number of para-hydroxylation sites is 1. The second kappa shape index (κ2) is 9.94. The summed E-state index contributed by atoms with van der Waals surface area (Å²) in [5, 5.41) is 1.30. The third-order valence-electron chi connectivity index (χ3n) is 8.25. The van der Waals surface area contributed by atoms with Gasteiger partial charge in [-0.25, -0.2) is 0 Å². The summed E-state index contributed by atoms with van der Waals surface area (Å²) in [4.78, 5) is 18.0. The van der Waals surface area contributed by atoms with Crippen LogP contribution in [0.25, 0.3) is 10.9 Å². The minimum absolute atomic E-state index is 0.157. The van der Waals surface area contributed by atoms with Crippen LogP contribution in [-0.4, -0.2) is 39.9 Å². The summed E-state index contributed by atoms with van der Waals surface area (Å²) in [5.41, 5.74) is 8.07. The Balaban J connectivity index is 1.13. The molecular formula is C32H35N3O. The highest BCUT2D eigenvalue weighted by molar-refractivity contribution is 5.81. The molecule has 3 aromatic carbocycles. The van der Waals surface area contributed by atoms with E-state index < -0.39 is 0 Å². The number of carbonyl (C=O) groups is 1. The predicted molar refractivity (Wildman–Crippen MR) is 146 cm³/mol. The van der Waals surface area contributed by atoms with Gasteiger partial charge >= 0.3 is 0 Å². The maximum Gasteiger partial charge on any atom is 0.226 e. The van der Waals surface area contributed by atoms with Gasteiger partial charge in [-0.15, -0.1) is 0 Å². The number of piperidine rings is 1. The van der Waals surface area contributed by atoms with Gasteiger partial charge in [0.05, 0.1) is 0 Å². The average molecular weight is 478 g/mol. The first kappa shape index (κ1) is 23.1. The van der Waals surface area contributed by atoms with Gasteiger partial charge in [0.25, 0.3) is 0 Å². The van der Waals surface area contributed by atoms with Gasteiger partial charge in [-0.05, 0) is 79.0 Å². The average Bonchev–Trinajstić information content (AvgIpc) is 3.26. The number of nitrogens with zero attached hydrogens (tertiary/aromatic N) is 3. The minimum Gasteiger partial charge on any atom is -0.339 e. The van der Waals surface area contributed by atoms with Gasteiger partial charge in [-0.2, -0.15) is 0 Å². The van der Waals surface area contributed by atoms with Crippen molar-refractivity contribution in [2.75, 3.05) is 19.6 Å². The molecule has 0 radical (unpaired) electrons. The lowest BCUT2D eigenvalue weighted by molar-refractivity contribution is -0.138. The van der Waals surface area contributed by atoms with Crippen molar-refractivity contribution < 1.29 is 4.79 Å². The highest BCUT2D eigenvalue weighted by Crippen LogP contribution is 2.27. The number of rotatable bonds is 5. The van der Waals surface area contributed by atoms with Crippen LogP contribution >= 0.6 is 0 Å². The smallest absolute Gasteiger partial charge is 0.226 e. The molecule has 6 rings (SSSR count). The second-order valence-corrected chi connectivity index (χ2v) is 10.5. The molecule has 1 amide bonds. The first-order chi connectivity index (χ1) is 17.7. The van der Waals surface area contributed by atoms with Crippen LogP contribution in [0.3, 0.4) is 0 Å². The first-order valence-corrected chi connectivity index (χ1v) is 13.4. The fourth-order valence-corrected chi connectivity index (χ4v) is 6.05. The molecule has 0 spiro atoms. The van der Waals surface area contributed by atoms with Crippen molar-refractivity contribution in [2.45, 2.75) is 45.8 Å². The molecule has 0 saturated carbocycles. The van der Waals surface area contributed by atoms with Gasteiger partial charge in [-0.1, -0.05) is 66.7 Å². The van der Waals surface area contributed by atoms with E-state index in [0.29, 0.717) is 5.91 Å². The van der Waals surface area contributed by atoms with E-state index >= 15 is 0 Å². The number of benzene rings is 3.